The number of pyridine rings is 1. The maximum absolute atomic E-state index is 12.9. The van der Waals surface area contributed by atoms with Gasteiger partial charge >= 0.3 is 6.18 Å². The molecule has 1 aromatic heterocycles. The molecule has 150 valence electrons. The zero-order valence-corrected chi connectivity index (χ0v) is 15.2. The molecule has 6 nitrogen and oxygen atoms in total. The van der Waals surface area contributed by atoms with Crippen LogP contribution in [0, 0.1) is 5.41 Å². The Morgan fingerprint density at radius 2 is 1.96 bits per heavy atom. The highest BCUT2D eigenvalue weighted by Crippen LogP contribution is 2.35. The van der Waals surface area contributed by atoms with Gasteiger partial charge in [0.25, 0.3) is 0 Å². The van der Waals surface area contributed by atoms with E-state index in [1.807, 2.05) is 0 Å². The third-order valence-corrected chi connectivity index (χ3v) is 4.34. The first kappa shape index (κ1) is 20.1. The second-order valence-corrected chi connectivity index (χ2v) is 6.68. The van der Waals surface area contributed by atoms with Gasteiger partial charge in [0.2, 0.25) is 11.8 Å². The summed E-state index contributed by atoms with van der Waals surface area (Å²) in [5, 5.41) is 2.72. The lowest BCUT2D eigenvalue weighted by Crippen LogP contribution is -2.45. The Balaban J connectivity index is 1.64. The molecule has 3 rings (SSSR count). The maximum atomic E-state index is 12.9. The molecule has 1 N–H and O–H groups in total. The van der Waals surface area contributed by atoms with Crippen molar-refractivity contribution in [2.24, 2.45) is 5.41 Å². The van der Waals surface area contributed by atoms with Crippen LogP contribution in [-0.2, 0) is 20.4 Å². The van der Waals surface area contributed by atoms with E-state index in [1.165, 1.54) is 25.4 Å². The minimum atomic E-state index is -4.45. The molecule has 2 aromatic rings. The van der Waals surface area contributed by atoms with E-state index in [0.29, 0.717) is 11.6 Å². The average molecular weight is 396 g/mol. The van der Waals surface area contributed by atoms with Crippen molar-refractivity contribution >= 4 is 11.6 Å². The average Bonchev–Trinajstić information content (AvgIpc) is 2.68. The van der Waals surface area contributed by atoms with Gasteiger partial charge in [0.15, 0.2) is 6.29 Å². The fourth-order valence-corrected chi connectivity index (χ4v) is 2.65. The van der Waals surface area contributed by atoms with E-state index < -0.39 is 23.4 Å². The highest BCUT2D eigenvalue weighted by Gasteiger charge is 2.40. The van der Waals surface area contributed by atoms with Crippen LogP contribution in [0.5, 0.6) is 5.88 Å². The first-order chi connectivity index (χ1) is 13.2. The van der Waals surface area contributed by atoms with Gasteiger partial charge in [0, 0.05) is 11.6 Å². The molecule has 0 spiro atoms. The van der Waals surface area contributed by atoms with Gasteiger partial charge in [-0.2, -0.15) is 13.2 Å². The number of carbonyl (C=O) groups excluding carboxylic acids is 1. The molecule has 0 atom stereocenters. The molecular formula is C19H19F3N2O4. The van der Waals surface area contributed by atoms with Crippen LogP contribution in [0.1, 0.15) is 24.3 Å². The van der Waals surface area contributed by atoms with Gasteiger partial charge in [-0.05, 0) is 25.1 Å². The number of aromatic nitrogens is 1. The van der Waals surface area contributed by atoms with Crippen LogP contribution in [-0.4, -0.2) is 31.2 Å². The molecule has 1 aliphatic rings. The molecule has 0 radical (unpaired) electrons. The summed E-state index contributed by atoms with van der Waals surface area (Å²) in [7, 11) is 1.49. The van der Waals surface area contributed by atoms with Gasteiger partial charge in [-0.3, -0.25) is 4.79 Å². The summed E-state index contributed by atoms with van der Waals surface area (Å²) in [5.41, 5.74) is -1.06. The van der Waals surface area contributed by atoms with Gasteiger partial charge in [-0.25, -0.2) is 4.98 Å². The lowest BCUT2D eigenvalue weighted by atomic mass is 9.90. The van der Waals surface area contributed by atoms with Gasteiger partial charge in [0.05, 0.1) is 43.2 Å². The van der Waals surface area contributed by atoms with Crippen LogP contribution in [0.15, 0.2) is 42.6 Å². The molecule has 0 bridgehead atoms. The number of rotatable bonds is 4. The number of hydrogen-bond donors (Lipinski definition) is 1. The summed E-state index contributed by atoms with van der Waals surface area (Å²) in [6.07, 6.45) is -3.97. The van der Waals surface area contributed by atoms with E-state index in [1.54, 1.807) is 19.1 Å². The predicted molar refractivity (Wildman–Crippen MR) is 93.6 cm³/mol. The third-order valence-electron chi connectivity index (χ3n) is 4.34. The van der Waals surface area contributed by atoms with Gasteiger partial charge < -0.3 is 19.5 Å². The summed E-state index contributed by atoms with van der Waals surface area (Å²) in [6, 6.07) is 8.00. The third kappa shape index (κ3) is 4.42. The normalized spacial score (nSPS) is 22.5. The van der Waals surface area contributed by atoms with Gasteiger partial charge in [-0.1, -0.05) is 12.1 Å². The molecule has 1 fully saturated rings. The van der Waals surface area contributed by atoms with Crippen molar-refractivity contribution in [3.63, 3.8) is 0 Å². The summed E-state index contributed by atoms with van der Waals surface area (Å²) in [5.74, 6) is 0.0689. The molecule has 0 unspecified atom stereocenters. The molecule has 9 heteroatoms. The number of nitrogens with one attached hydrogen (secondary N) is 1. The fraction of sp³-hybridized carbons (Fsp3) is 0.368. The maximum Gasteiger partial charge on any atom is 0.416 e. The Morgan fingerprint density at radius 3 is 2.54 bits per heavy atom. The van der Waals surface area contributed by atoms with Gasteiger partial charge in [-0.15, -0.1) is 0 Å². The molecule has 0 saturated carbocycles. The molecule has 2 heterocycles. The Hall–Kier alpha value is -2.65. The number of amides is 1. The highest BCUT2D eigenvalue weighted by molar-refractivity contribution is 5.95. The van der Waals surface area contributed by atoms with E-state index >= 15 is 0 Å². The van der Waals surface area contributed by atoms with Crippen LogP contribution in [0.4, 0.5) is 18.9 Å². The van der Waals surface area contributed by atoms with E-state index in [2.05, 4.69) is 10.3 Å². The summed E-state index contributed by atoms with van der Waals surface area (Å²) < 4.78 is 54.7. The van der Waals surface area contributed by atoms with Crippen molar-refractivity contribution in [3.8, 4) is 5.88 Å². The molecule has 1 saturated heterocycles. The predicted octanol–water partition coefficient (Wildman–Crippen LogP) is 3.80. The number of halogens is 3. The number of methoxy groups -OCH3 is 1. The van der Waals surface area contributed by atoms with E-state index in [9.17, 15) is 18.0 Å². The second kappa shape index (κ2) is 7.76. The topological polar surface area (TPSA) is 69.7 Å². The largest absolute Gasteiger partial charge is 0.481 e. The number of anilines is 1. The summed E-state index contributed by atoms with van der Waals surface area (Å²) >= 11 is 0. The Bertz CT molecular complexity index is 832. The van der Waals surface area contributed by atoms with Crippen LogP contribution in [0.25, 0.3) is 0 Å². The quantitative estimate of drug-likeness (QED) is 0.851. The zero-order chi connectivity index (χ0) is 20.4. The van der Waals surface area contributed by atoms with Crippen LogP contribution >= 0.6 is 0 Å². The van der Waals surface area contributed by atoms with Crippen molar-refractivity contribution in [2.45, 2.75) is 19.4 Å². The summed E-state index contributed by atoms with van der Waals surface area (Å²) in [4.78, 5) is 16.6. The van der Waals surface area contributed by atoms with Crippen molar-refractivity contribution in [3.05, 3.63) is 53.7 Å². The molecule has 1 aliphatic heterocycles. The number of benzene rings is 1. The minimum absolute atomic E-state index is 0.0106. The molecule has 1 amide bonds. The monoisotopic (exact) mass is 396 g/mol. The lowest BCUT2D eigenvalue weighted by molar-refractivity contribution is -0.226. The Morgan fingerprint density at radius 1 is 1.25 bits per heavy atom. The SMILES string of the molecule is COc1ccc(NC(=O)C2(C)COC(c3cccc(C(F)(F)F)c3)OC2)cn1. The molecular weight excluding hydrogens is 377 g/mol. The van der Waals surface area contributed by atoms with Crippen LogP contribution in [0.3, 0.4) is 0 Å². The first-order valence-electron chi connectivity index (χ1n) is 8.43. The van der Waals surface area contributed by atoms with Crippen LogP contribution < -0.4 is 10.1 Å². The number of ether oxygens (including phenoxy) is 3. The number of hydrogen-bond acceptors (Lipinski definition) is 5. The smallest absolute Gasteiger partial charge is 0.416 e. The van der Waals surface area contributed by atoms with Gasteiger partial charge in [0.1, 0.15) is 0 Å². The fourth-order valence-electron chi connectivity index (χ4n) is 2.65. The standard InChI is InChI=1S/C19H19F3N2O4/c1-18(17(25)24-14-6-7-15(26-2)23-9-14)10-27-16(28-11-18)12-4-3-5-13(8-12)19(20,21)22/h3-9,16H,10-11H2,1-2H3,(H,24,25). The number of alkyl halides is 3. The lowest BCUT2D eigenvalue weighted by Gasteiger charge is -2.36. The first-order valence-corrected chi connectivity index (χ1v) is 8.43. The molecule has 28 heavy (non-hydrogen) atoms. The summed E-state index contributed by atoms with van der Waals surface area (Å²) in [6.45, 7) is 1.63. The van der Waals surface area contributed by atoms with E-state index in [-0.39, 0.29) is 24.7 Å². The van der Waals surface area contributed by atoms with Crippen molar-refractivity contribution in [1.82, 2.24) is 4.98 Å². The Kier molecular flexibility index (Phi) is 5.57. The molecule has 0 aliphatic carbocycles. The number of nitrogens with zero attached hydrogens (tertiary/aromatic N) is 1. The second-order valence-electron chi connectivity index (χ2n) is 6.68. The van der Waals surface area contributed by atoms with Crippen molar-refractivity contribution < 1.29 is 32.2 Å². The highest BCUT2D eigenvalue weighted by atomic mass is 19.4. The van der Waals surface area contributed by atoms with Crippen molar-refractivity contribution in [2.75, 3.05) is 25.6 Å². The Labute approximate surface area is 159 Å². The van der Waals surface area contributed by atoms with Crippen LogP contribution in [0.2, 0.25) is 0 Å². The minimum Gasteiger partial charge on any atom is -0.481 e. The number of carbonyl (C=O) groups is 1. The van der Waals surface area contributed by atoms with E-state index in [0.717, 1.165) is 12.1 Å². The molecule has 1 aromatic carbocycles. The zero-order valence-electron chi connectivity index (χ0n) is 15.2. The van der Waals surface area contributed by atoms with E-state index in [4.69, 9.17) is 14.2 Å². The van der Waals surface area contributed by atoms with Crippen molar-refractivity contribution in [1.29, 1.82) is 0 Å².